The number of hydrogen-bond donors (Lipinski definition) is 0. The summed E-state index contributed by atoms with van der Waals surface area (Å²) in [6.07, 6.45) is 6.35. The van der Waals surface area contributed by atoms with Gasteiger partial charge in [-0.25, -0.2) is 4.79 Å². The Morgan fingerprint density at radius 2 is 2.06 bits per heavy atom. The van der Waals surface area contributed by atoms with Gasteiger partial charge in [-0.05, 0) is 6.42 Å². The second-order valence-corrected chi connectivity index (χ2v) is 3.79. The lowest BCUT2D eigenvalue weighted by atomic mass is 10.5. The Balaban J connectivity index is 2.19. The van der Waals surface area contributed by atoms with Gasteiger partial charge in [0.1, 0.15) is 5.69 Å². The van der Waals surface area contributed by atoms with Crippen molar-refractivity contribution in [3.63, 3.8) is 0 Å². The van der Waals surface area contributed by atoms with E-state index in [1.54, 1.807) is 20.0 Å². The van der Waals surface area contributed by atoms with Crippen LogP contribution >= 0.6 is 0 Å². The molecule has 2 aromatic heterocycles. The van der Waals surface area contributed by atoms with Crippen LogP contribution in [0, 0.1) is 0 Å². The SMILES string of the molecule is CCCn1ccn(Cc2cn(C)nn2)c1=O. The normalized spacial score (nSPS) is 10.9. The van der Waals surface area contributed by atoms with Crippen molar-refractivity contribution in [1.82, 2.24) is 24.1 Å². The first-order chi connectivity index (χ1) is 7.70. The molecule has 0 aromatic carbocycles. The van der Waals surface area contributed by atoms with Crippen LogP contribution in [0.5, 0.6) is 0 Å². The second kappa shape index (κ2) is 4.34. The number of aromatic nitrogens is 5. The molecule has 0 fully saturated rings. The standard InChI is InChI=1S/C10H15N5O/c1-3-4-14-5-6-15(10(14)16)8-9-7-13(2)12-11-9/h5-7H,3-4,8H2,1-2H3. The first-order valence-electron chi connectivity index (χ1n) is 5.31. The van der Waals surface area contributed by atoms with Crippen molar-refractivity contribution < 1.29 is 0 Å². The van der Waals surface area contributed by atoms with Crippen LogP contribution in [-0.4, -0.2) is 24.1 Å². The van der Waals surface area contributed by atoms with E-state index in [2.05, 4.69) is 10.3 Å². The smallest absolute Gasteiger partial charge is 0.299 e. The van der Waals surface area contributed by atoms with Crippen LogP contribution in [0.15, 0.2) is 23.4 Å². The van der Waals surface area contributed by atoms with Crippen molar-refractivity contribution in [2.24, 2.45) is 7.05 Å². The minimum atomic E-state index is 0.00695. The lowest BCUT2D eigenvalue weighted by molar-refractivity contribution is 0.620. The number of imidazole rings is 1. The Bertz CT molecular complexity index is 521. The zero-order chi connectivity index (χ0) is 11.5. The molecule has 16 heavy (non-hydrogen) atoms. The fourth-order valence-corrected chi connectivity index (χ4v) is 1.63. The number of hydrogen-bond acceptors (Lipinski definition) is 3. The summed E-state index contributed by atoms with van der Waals surface area (Å²) in [7, 11) is 1.81. The molecule has 2 heterocycles. The number of aryl methyl sites for hydroxylation is 2. The lowest BCUT2D eigenvalue weighted by Crippen LogP contribution is -2.24. The second-order valence-electron chi connectivity index (χ2n) is 3.79. The maximum atomic E-state index is 11.8. The van der Waals surface area contributed by atoms with Crippen LogP contribution in [0.2, 0.25) is 0 Å². The molecule has 0 spiro atoms. The van der Waals surface area contributed by atoms with E-state index in [1.807, 2.05) is 26.4 Å². The molecular weight excluding hydrogens is 206 g/mol. The Hall–Kier alpha value is -1.85. The van der Waals surface area contributed by atoms with Crippen molar-refractivity contribution in [3.8, 4) is 0 Å². The molecule has 0 unspecified atom stereocenters. The Kier molecular flexibility index (Phi) is 2.89. The van der Waals surface area contributed by atoms with Gasteiger partial charge in [0.25, 0.3) is 0 Å². The summed E-state index contributed by atoms with van der Waals surface area (Å²) in [6, 6.07) is 0. The van der Waals surface area contributed by atoms with Crippen LogP contribution in [0.25, 0.3) is 0 Å². The molecule has 6 heteroatoms. The van der Waals surface area contributed by atoms with Crippen LogP contribution in [0.3, 0.4) is 0 Å². The minimum Gasteiger partial charge on any atom is -0.299 e. The highest BCUT2D eigenvalue weighted by atomic mass is 16.1. The third kappa shape index (κ3) is 2.05. The molecule has 86 valence electrons. The summed E-state index contributed by atoms with van der Waals surface area (Å²) in [4.78, 5) is 11.8. The molecule has 0 aliphatic rings. The summed E-state index contributed by atoms with van der Waals surface area (Å²) in [5.74, 6) is 0. The minimum absolute atomic E-state index is 0.00695. The fraction of sp³-hybridized carbons (Fsp3) is 0.500. The maximum absolute atomic E-state index is 11.8. The predicted molar refractivity (Wildman–Crippen MR) is 59.1 cm³/mol. The average molecular weight is 221 g/mol. The highest BCUT2D eigenvalue weighted by molar-refractivity contribution is 4.95. The molecule has 0 aliphatic heterocycles. The van der Waals surface area contributed by atoms with Gasteiger partial charge in [0, 0.05) is 32.2 Å². The molecule has 2 rings (SSSR count). The van der Waals surface area contributed by atoms with Crippen LogP contribution in [0.4, 0.5) is 0 Å². The molecule has 2 aromatic rings. The van der Waals surface area contributed by atoms with Gasteiger partial charge in [0.15, 0.2) is 0 Å². The Morgan fingerprint density at radius 3 is 2.69 bits per heavy atom. The summed E-state index contributed by atoms with van der Waals surface area (Å²) in [5, 5.41) is 7.78. The molecule has 0 N–H and O–H groups in total. The highest BCUT2D eigenvalue weighted by Gasteiger charge is 2.05. The average Bonchev–Trinajstić information content (AvgIpc) is 2.80. The Labute approximate surface area is 93.1 Å². The maximum Gasteiger partial charge on any atom is 0.328 e. The molecule has 0 saturated carbocycles. The van der Waals surface area contributed by atoms with Gasteiger partial charge in [-0.3, -0.25) is 13.8 Å². The molecular formula is C10H15N5O. The van der Waals surface area contributed by atoms with Crippen molar-refractivity contribution in [1.29, 1.82) is 0 Å². The summed E-state index contributed by atoms with van der Waals surface area (Å²) >= 11 is 0. The quantitative estimate of drug-likeness (QED) is 0.743. The van der Waals surface area contributed by atoms with E-state index in [4.69, 9.17) is 0 Å². The van der Waals surface area contributed by atoms with Crippen LogP contribution in [-0.2, 0) is 20.1 Å². The topological polar surface area (TPSA) is 57.6 Å². The third-order valence-corrected chi connectivity index (χ3v) is 2.36. The number of nitrogens with zero attached hydrogens (tertiary/aromatic N) is 5. The van der Waals surface area contributed by atoms with E-state index in [-0.39, 0.29) is 5.69 Å². The largest absolute Gasteiger partial charge is 0.328 e. The van der Waals surface area contributed by atoms with Gasteiger partial charge in [-0.2, -0.15) is 0 Å². The zero-order valence-electron chi connectivity index (χ0n) is 9.50. The van der Waals surface area contributed by atoms with Crippen molar-refractivity contribution >= 4 is 0 Å². The molecule has 0 radical (unpaired) electrons. The molecule has 0 saturated heterocycles. The highest BCUT2D eigenvalue weighted by Crippen LogP contribution is 1.95. The van der Waals surface area contributed by atoms with E-state index in [0.29, 0.717) is 6.54 Å². The van der Waals surface area contributed by atoms with E-state index < -0.39 is 0 Å². The first-order valence-corrected chi connectivity index (χ1v) is 5.31. The zero-order valence-corrected chi connectivity index (χ0v) is 9.50. The van der Waals surface area contributed by atoms with E-state index in [9.17, 15) is 4.79 Å². The van der Waals surface area contributed by atoms with Crippen LogP contribution < -0.4 is 5.69 Å². The van der Waals surface area contributed by atoms with E-state index in [0.717, 1.165) is 18.7 Å². The molecule has 6 nitrogen and oxygen atoms in total. The van der Waals surface area contributed by atoms with E-state index in [1.165, 1.54) is 0 Å². The van der Waals surface area contributed by atoms with Crippen molar-refractivity contribution in [2.45, 2.75) is 26.4 Å². The lowest BCUT2D eigenvalue weighted by Gasteiger charge is -1.98. The van der Waals surface area contributed by atoms with Gasteiger partial charge >= 0.3 is 5.69 Å². The fourth-order valence-electron chi connectivity index (χ4n) is 1.63. The van der Waals surface area contributed by atoms with Crippen molar-refractivity contribution in [2.75, 3.05) is 0 Å². The van der Waals surface area contributed by atoms with Crippen molar-refractivity contribution in [3.05, 3.63) is 34.8 Å². The third-order valence-electron chi connectivity index (χ3n) is 2.36. The summed E-state index contributed by atoms with van der Waals surface area (Å²) < 4.78 is 4.97. The van der Waals surface area contributed by atoms with Crippen LogP contribution in [0.1, 0.15) is 19.0 Å². The monoisotopic (exact) mass is 221 g/mol. The van der Waals surface area contributed by atoms with Gasteiger partial charge in [0.05, 0.1) is 6.54 Å². The van der Waals surface area contributed by atoms with Gasteiger partial charge in [0.2, 0.25) is 0 Å². The molecule has 0 aliphatic carbocycles. The van der Waals surface area contributed by atoms with E-state index >= 15 is 0 Å². The number of rotatable bonds is 4. The molecule has 0 amide bonds. The van der Waals surface area contributed by atoms with Gasteiger partial charge in [-0.15, -0.1) is 5.10 Å². The molecule has 0 atom stereocenters. The predicted octanol–water partition coefficient (Wildman–Crippen LogP) is 0.237. The summed E-state index contributed by atoms with van der Waals surface area (Å²) in [6.45, 7) is 3.28. The van der Waals surface area contributed by atoms with Gasteiger partial charge in [-0.1, -0.05) is 12.1 Å². The Morgan fingerprint density at radius 1 is 1.31 bits per heavy atom. The molecule has 0 bridgehead atoms. The van der Waals surface area contributed by atoms with Gasteiger partial charge < -0.3 is 0 Å². The first kappa shape index (κ1) is 10.7. The summed E-state index contributed by atoms with van der Waals surface area (Å²) in [5.41, 5.74) is 0.798.